The Morgan fingerprint density at radius 1 is 1.41 bits per heavy atom. The van der Waals surface area contributed by atoms with Gasteiger partial charge in [0.1, 0.15) is 6.07 Å². The molecule has 2 aromatic rings. The fourth-order valence-corrected chi connectivity index (χ4v) is 1.90. The number of hydrogen-bond acceptors (Lipinski definition) is 7. The lowest BCUT2D eigenvalue weighted by atomic mass is 10.4. The van der Waals surface area contributed by atoms with Gasteiger partial charge in [0, 0.05) is 24.8 Å². The molecule has 0 aliphatic rings. The van der Waals surface area contributed by atoms with Crippen molar-refractivity contribution < 1.29 is 0 Å². The largest absolute Gasteiger partial charge is 0.365 e. The van der Waals surface area contributed by atoms with E-state index >= 15 is 0 Å². The van der Waals surface area contributed by atoms with Gasteiger partial charge in [-0.3, -0.25) is 0 Å². The quantitative estimate of drug-likeness (QED) is 0.849. The van der Waals surface area contributed by atoms with E-state index in [2.05, 4.69) is 25.6 Å². The second-order valence-electron chi connectivity index (χ2n) is 3.11. The maximum Gasteiger partial charge on any atom is 0.182 e. The van der Waals surface area contributed by atoms with Crippen molar-refractivity contribution in [3.05, 3.63) is 29.2 Å². The Kier molecular flexibility index (Phi) is 3.47. The predicted molar refractivity (Wildman–Crippen MR) is 65.7 cm³/mol. The summed E-state index contributed by atoms with van der Waals surface area (Å²) in [6.07, 6.45) is 3.04. The van der Waals surface area contributed by atoms with Crippen LogP contribution in [0.4, 0.5) is 10.9 Å². The minimum atomic E-state index is 0.288. The van der Waals surface area contributed by atoms with Crippen molar-refractivity contribution >= 4 is 22.3 Å². The minimum Gasteiger partial charge on any atom is -0.365 e. The Balaban J connectivity index is 2.05. The molecule has 0 saturated carbocycles. The summed E-state index contributed by atoms with van der Waals surface area (Å²) in [6, 6.07) is 1.98. The molecule has 2 rings (SSSR count). The van der Waals surface area contributed by atoms with Gasteiger partial charge in [0.15, 0.2) is 16.6 Å². The molecular formula is C10H10N6S. The summed E-state index contributed by atoms with van der Waals surface area (Å²) in [6.45, 7) is 0.519. The smallest absolute Gasteiger partial charge is 0.182 e. The highest BCUT2D eigenvalue weighted by molar-refractivity contribution is 7.13. The van der Waals surface area contributed by atoms with E-state index in [0.717, 1.165) is 10.8 Å². The second-order valence-corrected chi connectivity index (χ2v) is 3.97. The SMILES string of the molecule is CNc1nc(CNc2nccnc2C#N)cs1. The molecule has 2 heterocycles. The molecule has 0 bridgehead atoms. The van der Waals surface area contributed by atoms with Crippen molar-refractivity contribution in [2.45, 2.75) is 6.54 Å². The zero-order valence-corrected chi connectivity index (χ0v) is 9.95. The van der Waals surface area contributed by atoms with Gasteiger partial charge in [-0.2, -0.15) is 5.26 Å². The summed E-state index contributed by atoms with van der Waals surface area (Å²) >= 11 is 1.53. The zero-order chi connectivity index (χ0) is 12.1. The zero-order valence-electron chi connectivity index (χ0n) is 9.14. The topological polar surface area (TPSA) is 86.5 Å². The fraction of sp³-hybridized carbons (Fsp3) is 0.200. The van der Waals surface area contributed by atoms with Crippen LogP contribution in [0.5, 0.6) is 0 Å². The van der Waals surface area contributed by atoms with Gasteiger partial charge in [-0.1, -0.05) is 0 Å². The predicted octanol–water partition coefficient (Wildman–Crippen LogP) is 1.46. The van der Waals surface area contributed by atoms with Gasteiger partial charge in [0.25, 0.3) is 0 Å². The van der Waals surface area contributed by atoms with Crippen LogP contribution in [0.3, 0.4) is 0 Å². The van der Waals surface area contributed by atoms with Gasteiger partial charge in [0.05, 0.1) is 12.2 Å². The Bertz CT molecular complexity index is 544. The normalized spacial score (nSPS) is 9.65. The fourth-order valence-electron chi connectivity index (χ4n) is 1.23. The Morgan fingerprint density at radius 3 is 2.94 bits per heavy atom. The number of nitriles is 1. The number of anilines is 2. The molecule has 0 radical (unpaired) electrons. The molecule has 86 valence electrons. The van der Waals surface area contributed by atoms with Crippen molar-refractivity contribution in [1.29, 1.82) is 5.26 Å². The molecule has 0 unspecified atom stereocenters. The van der Waals surface area contributed by atoms with Gasteiger partial charge in [-0.05, 0) is 0 Å². The summed E-state index contributed by atoms with van der Waals surface area (Å²) < 4.78 is 0. The van der Waals surface area contributed by atoms with Crippen LogP contribution in [0.2, 0.25) is 0 Å². The van der Waals surface area contributed by atoms with E-state index in [4.69, 9.17) is 5.26 Å². The van der Waals surface area contributed by atoms with E-state index in [1.807, 2.05) is 18.5 Å². The van der Waals surface area contributed by atoms with Gasteiger partial charge in [0.2, 0.25) is 0 Å². The van der Waals surface area contributed by atoms with E-state index < -0.39 is 0 Å². The molecule has 17 heavy (non-hydrogen) atoms. The van der Waals surface area contributed by atoms with Crippen molar-refractivity contribution in [2.75, 3.05) is 17.7 Å². The summed E-state index contributed by atoms with van der Waals surface area (Å²) in [5.41, 5.74) is 1.19. The first kappa shape index (κ1) is 11.3. The number of nitrogens with one attached hydrogen (secondary N) is 2. The van der Waals surface area contributed by atoms with Crippen LogP contribution >= 0.6 is 11.3 Å². The highest BCUT2D eigenvalue weighted by Crippen LogP contribution is 2.15. The van der Waals surface area contributed by atoms with Crippen molar-refractivity contribution in [3.8, 4) is 6.07 Å². The molecule has 0 atom stereocenters. The van der Waals surface area contributed by atoms with Crippen LogP contribution in [0, 0.1) is 11.3 Å². The van der Waals surface area contributed by atoms with Gasteiger partial charge >= 0.3 is 0 Å². The molecule has 0 saturated heterocycles. The van der Waals surface area contributed by atoms with Crippen molar-refractivity contribution in [1.82, 2.24) is 15.0 Å². The van der Waals surface area contributed by atoms with Gasteiger partial charge in [-0.15, -0.1) is 11.3 Å². The molecule has 0 aliphatic carbocycles. The Labute approximate surface area is 102 Å². The minimum absolute atomic E-state index is 0.288. The van der Waals surface area contributed by atoms with Gasteiger partial charge < -0.3 is 10.6 Å². The molecule has 2 aromatic heterocycles. The van der Waals surface area contributed by atoms with Crippen LogP contribution in [-0.2, 0) is 6.54 Å². The number of hydrogen-bond donors (Lipinski definition) is 2. The first-order chi connectivity index (χ1) is 8.33. The molecule has 0 spiro atoms. The summed E-state index contributed by atoms with van der Waals surface area (Å²) in [4.78, 5) is 12.3. The third kappa shape index (κ3) is 2.68. The molecule has 0 aromatic carbocycles. The van der Waals surface area contributed by atoms with E-state index in [1.54, 1.807) is 6.20 Å². The van der Waals surface area contributed by atoms with Crippen LogP contribution < -0.4 is 10.6 Å². The average Bonchev–Trinajstić information content (AvgIpc) is 2.84. The highest BCUT2D eigenvalue weighted by atomic mass is 32.1. The number of aromatic nitrogens is 3. The Hall–Kier alpha value is -2.20. The highest BCUT2D eigenvalue weighted by Gasteiger charge is 2.05. The second kappa shape index (κ2) is 5.23. The van der Waals surface area contributed by atoms with Crippen molar-refractivity contribution in [3.63, 3.8) is 0 Å². The molecule has 6 nitrogen and oxygen atoms in total. The van der Waals surface area contributed by atoms with E-state index in [9.17, 15) is 0 Å². The van der Waals surface area contributed by atoms with E-state index in [-0.39, 0.29) is 5.69 Å². The summed E-state index contributed by atoms with van der Waals surface area (Å²) in [7, 11) is 1.83. The number of nitrogens with zero attached hydrogens (tertiary/aromatic N) is 4. The van der Waals surface area contributed by atoms with E-state index in [0.29, 0.717) is 12.4 Å². The molecular weight excluding hydrogens is 236 g/mol. The summed E-state index contributed by atoms with van der Waals surface area (Å²) in [5, 5.41) is 17.7. The molecule has 7 heteroatoms. The lowest BCUT2D eigenvalue weighted by Crippen LogP contribution is -2.04. The van der Waals surface area contributed by atoms with Crippen molar-refractivity contribution in [2.24, 2.45) is 0 Å². The van der Waals surface area contributed by atoms with E-state index in [1.165, 1.54) is 17.5 Å². The Morgan fingerprint density at radius 2 is 2.24 bits per heavy atom. The molecule has 0 amide bonds. The third-order valence-corrected chi connectivity index (χ3v) is 2.92. The maximum atomic E-state index is 8.84. The standard InChI is InChI=1S/C10H10N6S/c1-12-10-16-7(6-17-10)5-15-9-8(4-11)13-2-3-14-9/h2-3,6H,5H2,1H3,(H,12,16)(H,14,15). The van der Waals surface area contributed by atoms with Crippen LogP contribution in [0.15, 0.2) is 17.8 Å². The maximum absolute atomic E-state index is 8.84. The number of thiazole rings is 1. The average molecular weight is 246 g/mol. The number of rotatable bonds is 4. The van der Waals surface area contributed by atoms with Gasteiger partial charge in [-0.25, -0.2) is 15.0 Å². The third-order valence-electron chi connectivity index (χ3n) is 2.01. The molecule has 0 fully saturated rings. The lowest BCUT2D eigenvalue weighted by Gasteiger charge is -2.03. The first-order valence-corrected chi connectivity index (χ1v) is 5.78. The van der Waals surface area contributed by atoms with Crippen LogP contribution in [-0.4, -0.2) is 22.0 Å². The summed E-state index contributed by atoms with van der Waals surface area (Å²) in [5.74, 6) is 0.481. The molecule has 2 N–H and O–H groups in total. The lowest BCUT2D eigenvalue weighted by molar-refractivity contribution is 1.03. The molecule has 0 aliphatic heterocycles. The first-order valence-electron chi connectivity index (χ1n) is 4.90. The monoisotopic (exact) mass is 246 g/mol. The van der Waals surface area contributed by atoms with Crippen LogP contribution in [0.25, 0.3) is 0 Å². The van der Waals surface area contributed by atoms with Crippen LogP contribution in [0.1, 0.15) is 11.4 Å².